The van der Waals surface area contributed by atoms with E-state index in [1.807, 2.05) is 20.2 Å². The molecule has 1 aliphatic rings. The second-order valence-electron chi connectivity index (χ2n) is 6.22. The van der Waals surface area contributed by atoms with Crippen molar-refractivity contribution in [2.24, 2.45) is 7.05 Å². The molecule has 3 heterocycles. The first-order chi connectivity index (χ1) is 11.3. The Hall–Kier alpha value is -1.90. The highest BCUT2D eigenvalue weighted by Crippen LogP contribution is 2.32. The molecule has 2 aromatic rings. The minimum absolute atomic E-state index is 0.146. The zero-order chi connectivity index (χ0) is 17.3. The summed E-state index contributed by atoms with van der Waals surface area (Å²) in [7, 11) is 1.87. The standard InChI is InChI=1S/C15H20F3N5O/c1-10-11(8-22(2)21-10)9-23-6-4-3-5-12(23)14-20-19-13(24-14)7-15(16,17)18/h8,12H,3-7,9H2,1-2H3. The van der Waals surface area contributed by atoms with Crippen LogP contribution >= 0.6 is 0 Å². The lowest BCUT2D eigenvalue weighted by atomic mass is 10.0. The Balaban J connectivity index is 1.76. The Labute approximate surface area is 137 Å². The number of aromatic nitrogens is 4. The third-order valence-electron chi connectivity index (χ3n) is 4.22. The van der Waals surface area contributed by atoms with Gasteiger partial charge in [-0.2, -0.15) is 18.3 Å². The van der Waals surface area contributed by atoms with E-state index >= 15 is 0 Å². The van der Waals surface area contributed by atoms with Gasteiger partial charge in [0, 0.05) is 25.4 Å². The lowest BCUT2D eigenvalue weighted by Gasteiger charge is -2.33. The molecule has 9 heteroatoms. The number of piperidine rings is 1. The number of rotatable bonds is 4. The van der Waals surface area contributed by atoms with E-state index in [-0.39, 0.29) is 17.8 Å². The van der Waals surface area contributed by atoms with E-state index in [4.69, 9.17) is 4.42 Å². The second kappa shape index (κ2) is 6.54. The number of halogens is 3. The number of nitrogens with zero attached hydrogens (tertiary/aromatic N) is 5. The van der Waals surface area contributed by atoms with Crippen molar-refractivity contribution < 1.29 is 17.6 Å². The highest BCUT2D eigenvalue weighted by molar-refractivity contribution is 5.15. The molecule has 0 aromatic carbocycles. The first-order valence-corrected chi connectivity index (χ1v) is 7.94. The molecule has 0 amide bonds. The molecule has 0 bridgehead atoms. The number of likely N-dealkylation sites (tertiary alicyclic amines) is 1. The minimum atomic E-state index is -4.34. The lowest BCUT2D eigenvalue weighted by Crippen LogP contribution is -2.33. The Morgan fingerprint density at radius 1 is 1.29 bits per heavy atom. The molecule has 1 aliphatic heterocycles. The highest BCUT2D eigenvalue weighted by atomic mass is 19.4. The van der Waals surface area contributed by atoms with Gasteiger partial charge in [-0.1, -0.05) is 6.42 Å². The zero-order valence-electron chi connectivity index (χ0n) is 13.7. The molecule has 6 nitrogen and oxygen atoms in total. The molecule has 1 atom stereocenters. The van der Waals surface area contributed by atoms with Gasteiger partial charge in [-0.05, 0) is 26.3 Å². The van der Waals surface area contributed by atoms with E-state index in [0.29, 0.717) is 6.54 Å². The van der Waals surface area contributed by atoms with Crippen LogP contribution in [0.2, 0.25) is 0 Å². The molecule has 132 valence electrons. The van der Waals surface area contributed by atoms with Crippen molar-refractivity contribution in [1.29, 1.82) is 0 Å². The third kappa shape index (κ3) is 3.95. The zero-order valence-corrected chi connectivity index (χ0v) is 13.7. The summed E-state index contributed by atoms with van der Waals surface area (Å²) in [6, 6.07) is -0.146. The van der Waals surface area contributed by atoms with Crippen molar-refractivity contribution in [3.8, 4) is 0 Å². The maximum atomic E-state index is 12.5. The number of aryl methyl sites for hydroxylation is 2. The van der Waals surface area contributed by atoms with E-state index in [0.717, 1.165) is 37.1 Å². The summed E-state index contributed by atoms with van der Waals surface area (Å²) in [5.74, 6) is -0.101. The molecule has 0 radical (unpaired) electrons. The maximum Gasteiger partial charge on any atom is 0.397 e. The van der Waals surface area contributed by atoms with Gasteiger partial charge in [-0.25, -0.2) is 0 Å². The molecule has 0 N–H and O–H groups in total. The van der Waals surface area contributed by atoms with Crippen LogP contribution in [-0.2, 0) is 20.0 Å². The quantitative estimate of drug-likeness (QED) is 0.854. The number of hydrogen-bond donors (Lipinski definition) is 0. The van der Waals surface area contributed by atoms with Crippen molar-refractivity contribution in [3.05, 3.63) is 29.2 Å². The fourth-order valence-corrected chi connectivity index (χ4v) is 3.13. The van der Waals surface area contributed by atoms with E-state index in [2.05, 4.69) is 20.2 Å². The van der Waals surface area contributed by atoms with Gasteiger partial charge < -0.3 is 4.42 Å². The Morgan fingerprint density at radius 2 is 2.08 bits per heavy atom. The third-order valence-corrected chi connectivity index (χ3v) is 4.22. The average Bonchev–Trinajstić information content (AvgIpc) is 3.05. The second-order valence-corrected chi connectivity index (χ2v) is 6.22. The topological polar surface area (TPSA) is 60.0 Å². The SMILES string of the molecule is Cc1nn(C)cc1CN1CCCCC1c1nnc(CC(F)(F)F)o1. The van der Waals surface area contributed by atoms with Crippen LogP contribution in [0.3, 0.4) is 0 Å². The van der Waals surface area contributed by atoms with Gasteiger partial charge in [0.15, 0.2) is 0 Å². The molecule has 24 heavy (non-hydrogen) atoms. The molecule has 0 spiro atoms. The fourth-order valence-electron chi connectivity index (χ4n) is 3.13. The first kappa shape index (κ1) is 16.9. The molecule has 0 aliphatic carbocycles. The molecule has 0 saturated carbocycles. The van der Waals surface area contributed by atoms with Crippen LogP contribution in [0.5, 0.6) is 0 Å². The molecule has 1 saturated heterocycles. The van der Waals surface area contributed by atoms with Gasteiger partial charge in [0.05, 0.1) is 11.7 Å². The van der Waals surface area contributed by atoms with Gasteiger partial charge >= 0.3 is 6.18 Å². The first-order valence-electron chi connectivity index (χ1n) is 7.94. The van der Waals surface area contributed by atoms with Crippen molar-refractivity contribution in [3.63, 3.8) is 0 Å². The van der Waals surface area contributed by atoms with Gasteiger partial charge in [0.1, 0.15) is 6.42 Å². The van der Waals surface area contributed by atoms with E-state index in [1.54, 1.807) is 4.68 Å². The Kier molecular flexibility index (Phi) is 4.62. The Morgan fingerprint density at radius 3 is 2.75 bits per heavy atom. The molecule has 3 rings (SSSR count). The summed E-state index contributed by atoms with van der Waals surface area (Å²) >= 11 is 0. The van der Waals surface area contributed by atoms with Crippen molar-refractivity contribution in [2.45, 2.75) is 51.4 Å². The summed E-state index contributed by atoms with van der Waals surface area (Å²) in [5.41, 5.74) is 2.05. The molecular weight excluding hydrogens is 323 g/mol. The van der Waals surface area contributed by atoms with Gasteiger partial charge in [-0.3, -0.25) is 9.58 Å². The van der Waals surface area contributed by atoms with Crippen molar-refractivity contribution >= 4 is 0 Å². The largest absolute Gasteiger partial charge is 0.423 e. The molecule has 2 aromatic heterocycles. The minimum Gasteiger partial charge on any atom is -0.423 e. The number of alkyl halides is 3. The van der Waals surface area contributed by atoms with Crippen LogP contribution in [0.25, 0.3) is 0 Å². The molecule has 1 fully saturated rings. The van der Waals surface area contributed by atoms with Gasteiger partial charge in [-0.15, -0.1) is 10.2 Å². The monoisotopic (exact) mass is 343 g/mol. The van der Waals surface area contributed by atoms with E-state index in [9.17, 15) is 13.2 Å². The summed E-state index contributed by atoms with van der Waals surface area (Å²) < 4.78 is 44.4. The predicted octanol–water partition coefficient (Wildman–Crippen LogP) is 2.94. The van der Waals surface area contributed by atoms with Crippen molar-refractivity contribution in [1.82, 2.24) is 24.9 Å². The average molecular weight is 343 g/mol. The number of hydrogen-bond acceptors (Lipinski definition) is 5. The van der Waals surface area contributed by atoms with Crippen LogP contribution in [0.4, 0.5) is 13.2 Å². The van der Waals surface area contributed by atoms with Gasteiger partial charge in [0.2, 0.25) is 11.8 Å². The summed E-state index contributed by atoms with van der Waals surface area (Å²) in [4.78, 5) is 2.18. The van der Waals surface area contributed by atoms with Crippen LogP contribution in [0.1, 0.15) is 48.3 Å². The summed E-state index contributed by atoms with van der Waals surface area (Å²) in [5, 5.41) is 11.8. The van der Waals surface area contributed by atoms with Crippen LogP contribution in [-0.4, -0.2) is 37.6 Å². The van der Waals surface area contributed by atoms with Crippen LogP contribution < -0.4 is 0 Å². The van der Waals surface area contributed by atoms with Crippen LogP contribution in [0.15, 0.2) is 10.6 Å². The molecular formula is C15H20F3N5O. The summed E-state index contributed by atoms with van der Waals surface area (Å²) in [6.07, 6.45) is -0.738. The smallest absolute Gasteiger partial charge is 0.397 e. The van der Waals surface area contributed by atoms with E-state index in [1.165, 1.54) is 0 Å². The normalized spacial score (nSPS) is 19.8. The summed E-state index contributed by atoms with van der Waals surface area (Å²) in [6.45, 7) is 3.46. The van der Waals surface area contributed by atoms with E-state index < -0.39 is 12.6 Å². The van der Waals surface area contributed by atoms with Crippen molar-refractivity contribution in [2.75, 3.05) is 6.54 Å². The predicted molar refractivity (Wildman–Crippen MR) is 79.0 cm³/mol. The highest BCUT2D eigenvalue weighted by Gasteiger charge is 2.33. The fraction of sp³-hybridized carbons (Fsp3) is 0.667. The van der Waals surface area contributed by atoms with Crippen LogP contribution in [0, 0.1) is 6.92 Å². The lowest BCUT2D eigenvalue weighted by molar-refractivity contribution is -0.131. The van der Waals surface area contributed by atoms with Gasteiger partial charge in [0.25, 0.3) is 0 Å². The maximum absolute atomic E-state index is 12.5. The molecule has 1 unspecified atom stereocenters. The Bertz CT molecular complexity index is 694.